The van der Waals surface area contributed by atoms with E-state index < -0.39 is 0 Å². The van der Waals surface area contributed by atoms with Crippen molar-refractivity contribution < 1.29 is 5.11 Å². The molecule has 3 nitrogen and oxygen atoms in total. The third-order valence-electron chi connectivity index (χ3n) is 3.22. The zero-order chi connectivity index (χ0) is 9.73. The second-order valence-electron chi connectivity index (χ2n) is 3.90. The molecule has 0 saturated carbocycles. The van der Waals surface area contributed by atoms with E-state index in [-0.39, 0.29) is 12.1 Å². The molecule has 0 bridgehead atoms. The van der Waals surface area contributed by atoms with Gasteiger partial charge in [0.1, 0.15) is 0 Å². The van der Waals surface area contributed by atoms with Crippen molar-refractivity contribution in [2.75, 3.05) is 26.2 Å². The Morgan fingerprint density at radius 3 is 2.85 bits per heavy atom. The maximum atomic E-state index is 9.48. The molecule has 3 N–H and O–H groups in total. The summed E-state index contributed by atoms with van der Waals surface area (Å²) in [4.78, 5) is 0. The van der Waals surface area contributed by atoms with Crippen molar-refractivity contribution in [3.8, 4) is 0 Å². The molecular weight excluding hydrogens is 164 g/mol. The van der Waals surface area contributed by atoms with E-state index in [9.17, 15) is 5.11 Å². The van der Waals surface area contributed by atoms with E-state index in [0.717, 1.165) is 32.5 Å². The van der Waals surface area contributed by atoms with Gasteiger partial charge in [0.2, 0.25) is 0 Å². The summed E-state index contributed by atoms with van der Waals surface area (Å²) in [5.74, 6) is 0.561. The van der Waals surface area contributed by atoms with Gasteiger partial charge in [-0.15, -0.1) is 0 Å². The second kappa shape index (κ2) is 4.94. The lowest BCUT2D eigenvalue weighted by atomic mass is 9.77. The number of hydrogen-bond acceptors (Lipinski definition) is 3. The largest absolute Gasteiger partial charge is 0.394 e. The highest BCUT2D eigenvalue weighted by Crippen LogP contribution is 2.26. The number of aliphatic hydroxyl groups is 1. The van der Waals surface area contributed by atoms with E-state index in [0.29, 0.717) is 5.92 Å². The first kappa shape index (κ1) is 11.0. The van der Waals surface area contributed by atoms with Crippen molar-refractivity contribution in [3.63, 3.8) is 0 Å². The van der Waals surface area contributed by atoms with Crippen LogP contribution < -0.4 is 10.6 Å². The summed E-state index contributed by atoms with van der Waals surface area (Å²) in [6.07, 6.45) is 2.16. The SMILES string of the molecule is CCNC1(CO)CCNCC1CC. The Hall–Kier alpha value is -0.120. The Kier molecular flexibility index (Phi) is 4.16. The fourth-order valence-corrected chi connectivity index (χ4v) is 2.37. The molecule has 13 heavy (non-hydrogen) atoms. The van der Waals surface area contributed by atoms with Gasteiger partial charge in [-0.05, 0) is 32.0 Å². The fraction of sp³-hybridized carbons (Fsp3) is 1.00. The molecule has 1 fully saturated rings. The summed E-state index contributed by atoms with van der Waals surface area (Å²) < 4.78 is 0. The van der Waals surface area contributed by atoms with Gasteiger partial charge in [0.05, 0.1) is 6.61 Å². The van der Waals surface area contributed by atoms with E-state index >= 15 is 0 Å². The van der Waals surface area contributed by atoms with Crippen molar-refractivity contribution in [3.05, 3.63) is 0 Å². The predicted octanol–water partition coefficient (Wildman–Crippen LogP) is 0.346. The molecule has 3 heteroatoms. The summed E-state index contributed by atoms with van der Waals surface area (Å²) in [5, 5.41) is 16.3. The average molecular weight is 186 g/mol. The van der Waals surface area contributed by atoms with Gasteiger partial charge in [-0.3, -0.25) is 0 Å². The van der Waals surface area contributed by atoms with Crippen LogP contribution in [0.5, 0.6) is 0 Å². The second-order valence-corrected chi connectivity index (χ2v) is 3.90. The molecule has 0 spiro atoms. The summed E-state index contributed by atoms with van der Waals surface area (Å²) in [6, 6.07) is 0. The van der Waals surface area contributed by atoms with E-state index in [1.165, 1.54) is 0 Å². The lowest BCUT2D eigenvalue weighted by molar-refractivity contribution is 0.0743. The van der Waals surface area contributed by atoms with Crippen LogP contribution in [0.4, 0.5) is 0 Å². The van der Waals surface area contributed by atoms with Gasteiger partial charge in [-0.2, -0.15) is 0 Å². The number of piperidine rings is 1. The first-order chi connectivity index (χ1) is 6.29. The molecule has 1 rings (SSSR count). The van der Waals surface area contributed by atoms with E-state index in [1.54, 1.807) is 0 Å². The summed E-state index contributed by atoms with van der Waals surface area (Å²) >= 11 is 0. The number of aliphatic hydroxyl groups excluding tert-OH is 1. The molecule has 2 unspecified atom stereocenters. The molecule has 1 heterocycles. The van der Waals surface area contributed by atoms with Gasteiger partial charge in [0.25, 0.3) is 0 Å². The first-order valence-electron chi connectivity index (χ1n) is 5.35. The number of nitrogens with one attached hydrogen (secondary N) is 2. The third kappa shape index (κ3) is 2.22. The van der Waals surface area contributed by atoms with Crippen molar-refractivity contribution in [1.82, 2.24) is 10.6 Å². The summed E-state index contributed by atoms with van der Waals surface area (Å²) in [5.41, 5.74) is -0.0191. The molecule has 1 aliphatic heterocycles. The third-order valence-corrected chi connectivity index (χ3v) is 3.22. The van der Waals surface area contributed by atoms with Gasteiger partial charge >= 0.3 is 0 Å². The molecule has 0 aromatic rings. The van der Waals surface area contributed by atoms with Gasteiger partial charge < -0.3 is 15.7 Å². The molecule has 0 aliphatic carbocycles. The molecule has 0 aromatic heterocycles. The van der Waals surface area contributed by atoms with Crippen LogP contribution in [-0.4, -0.2) is 36.9 Å². The highest BCUT2D eigenvalue weighted by atomic mass is 16.3. The minimum atomic E-state index is -0.0191. The van der Waals surface area contributed by atoms with Crippen LogP contribution in [0.2, 0.25) is 0 Å². The number of rotatable bonds is 4. The lowest BCUT2D eigenvalue weighted by Gasteiger charge is -2.43. The van der Waals surface area contributed by atoms with Crippen molar-refractivity contribution in [2.45, 2.75) is 32.2 Å². The molecule has 0 amide bonds. The topological polar surface area (TPSA) is 44.3 Å². The maximum Gasteiger partial charge on any atom is 0.0617 e. The van der Waals surface area contributed by atoms with Crippen LogP contribution in [0.1, 0.15) is 26.7 Å². The smallest absolute Gasteiger partial charge is 0.0617 e. The van der Waals surface area contributed by atoms with Gasteiger partial charge in [0.15, 0.2) is 0 Å². The molecule has 1 aliphatic rings. The van der Waals surface area contributed by atoms with E-state index in [1.807, 2.05) is 0 Å². The van der Waals surface area contributed by atoms with Crippen LogP contribution >= 0.6 is 0 Å². The zero-order valence-corrected chi connectivity index (χ0v) is 8.77. The fourth-order valence-electron chi connectivity index (χ4n) is 2.37. The van der Waals surface area contributed by atoms with Crippen LogP contribution in [0.15, 0.2) is 0 Å². The zero-order valence-electron chi connectivity index (χ0n) is 8.77. The van der Waals surface area contributed by atoms with Gasteiger partial charge in [0, 0.05) is 5.54 Å². The Labute approximate surface area is 80.9 Å². The van der Waals surface area contributed by atoms with Crippen LogP contribution in [0.25, 0.3) is 0 Å². The average Bonchev–Trinajstić information content (AvgIpc) is 2.19. The molecule has 1 saturated heterocycles. The van der Waals surface area contributed by atoms with Crippen molar-refractivity contribution in [2.24, 2.45) is 5.92 Å². The molecule has 2 atom stereocenters. The number of hydrogen-bond donors (Lipinski definition) is 3. The normalized spacial score (nSPS) is 34.8. The Morgan fingerprint density at radius 2 is 2.31 bits per heavy atom. The maximum absolute atomic E-state index is 9.48. The van der Waals surface area contributed by atoms with Gasteiger partial charge in [-0.25, -0.2) is 0 Å². The molecular formula is C10H22N2O. The standard InChI is InChI=1S/C10H22N2O/c1-3-9-7-11-6-5-10(9,8-13)12-4-2/h9,11-13H,3-8H2,1-2H3. The highest BCUT2D eigenvalue weighted by Gasteiger charge is 2.38. The van der Waals surface area contributed by atoms with E-state index in [4.69, 9.17) is 0 Å². The van der Waals surface area contributed by atoms with Crippen molar-refractivity contribution in [1.29, 1.82) is 0 Å². The minimum Gasteiger partial charge on any atom is -0.394 e. The lowest BCUT2D eigenvalue weighted by Crippen LogP contribution is -2.61. The van der Waals surface area contributed by atoms with Crippen LogP contribution in [-0.2, 0) is 0 Å². The highest BCUT2D eigenvalue weighted by molar-refractivity contribution is 4.97. The predicted molar refractivity (Wildman–Crippen MR) is 54.8 cm³/mol. The Balaban J connectivity index is 2.66. The van der Waals surface area contributed by atoms with E-state index in [2.05, 4.69) is 24.5 Å². The summed E-state index contributed by atoms with van der Waals surface area (Å²) in [7, 11) is 0. The molecule has 0 aromatic carbocycles. The number of likely N-dealkylation sites (N-methyl/N-ethyl adjacent to an activating group) is 1. The minimum absolute atomic E-state index is 0.0191. The first-order valence-corrected chi connectivity index (χ1v) is 5.35. The van der Waals surface area contributed by atoms with Gasteiger partial charge in [-0.1, -0.05) is 20.3 Å². The van der Waals surface area contributed by atoms with Crippen molar-refractivity contribution >= 4 is 0 Å². The summed E-state index contributed by atoms with van der Waals surface area (Å²) in [6.45, 7) is 7.55. The van der Waals surface area contributed by atoms with Crippen LogP contribution in [0.3, 0.4) is 0 Å². The Morgan fingerprint density at radius 1 is 1.54 bits per heavy atom. The van der Waals surface area contributed by atoms with Crippen LogP contribution in [0, 0.1) is 5.92 Å². The molecule has 78 valence electrons. The molecule has 0 radical (unpaired) electrons. The Bertz CT molecular complexity index is 148. The quantitative estimate of drug-likeness (QED) is 0.593. The monoisotopic (exact) mass is 186 g/mol.